The molecule has 4 aromatic rings. The molecule has 1 heterocycles. The number of rotatable bonds is 4. The molecule has 162 valence electrons. The van der Waals surface area contributed by atoms with E-state index in [1.165, 1.54) is 4.57 Å². The molecule has 0 spiro atoms. The van der Waals surface area contributed by atoms with Gasteiger partial charge in [-0.25, -0.2) is 0 Å². The topological polar surface area (TPSA) is 74.9 Å². The number of amides is 1. The van der Waals surface area contributed by atoms with Crippen LogP contribution in [0.5, 0.6) is 0 Å². The smallest absolute Gasteiger partial charge is 0.273 e. The summed E-state index contributed by atoms with van der Waals surface area (Å²) < 4.78 is 2.89. The molecule has 5 nitrogen and oxygen atoms in total. The monoisotopic (exact) mass is 535 g/mol. The van der Waals surface area contributed by atoms with Crippen LogP contribution in [0.3, 0.4) is 0 Å². The first kappa shape index (κ1) is 22.7. The quantitative estimate of drug-likeness (QED) is 0.419. The van der Waals surface area contributed by atoms with Crippen molar-refractivity contribution in [2.24, 2.45) is 0 Å². The van der Waals surface area contributed by atoms with Crippen molar-refractivity contribution in [2.75, 3.05) is 5.32 Å². The van der Waals surface area contributed by atoms with E-state index in [1.807, 2.05) is 36.4 Å². The number of nitrogens with one attached hydrogen (secondary N) is 1. The number of anilines is 1. The Morgan fingerprint density at radius 3 is 2.48 bits per heavy atom. The van der Waals surface area contributed by atoms with Gasteiger partial charge in [0, 0.05) is 4.47 Å². The molecule has 3 aromatic carbocycles. The van der Waals surface area contributed by atoms with E-state index in [0.717, 1.165) is 21.4 Å². The van der Waals surface area contributed by atoms with Crippen molar-refractivity contribution in [2.45, 2.75) is 0 Å². The largest absolute Gasteiger partial charge is 0.320 e. The van der Waals surface area contributed by atoms with Gasteiger partial charge in [-0.15, -0.1) is 11.3 Å². The molecule has 33 heavy (non-hydrogen) atoms. The molecule has 0 aliphatic rings. The molecule has 1 amide bonds. The van der Waals surface area contributed by atoms with Gasteiger partial charge in [-0.05, 0) is 48.0 Å². The summed E-state index contributed by atoms with van der Waals surface area (Å²) in [6, 6.07) is 25.1. The number of carbonyl (C=O) groups excluding carboxylic acids is 1. The van der Waals surface area contributed by atoms with Gasteiger partial charge in [-0.3, -0.25) is 14.2 Å². The molecule has 0 saturated heterocycles. The van der Waals surface area contributed by atoms with Gasteiger partial charge in [0.15, 0.2) is 5.57 Å². The molecule has 0 aliphatic heterocycles. The van der Waals surface area contributed by atoms with Gasteiger partial charge in [0.05, 0.1) is 20.9 Å². The number of thiazole rings is 1. The fourth-order valence-corrected chi connectivity index (χ4v) is 4.85. The Morgan fingerprint density at radius 1 is 1.06 bits per heavy atom. The van der Waals surface area contributed by atoms with Crippen LogP contribution in [0.25, 0.3) is 17.3 Å². The van der Waals surface area contributed by atoms with E-state index in [9.17, 15) is 14.9 Å². The molecule has 1 N–H and O–H groups in total. The summed E-state index contributed by atoms with van der Waals surface area (Å²) >= 11 is 10.7. The van der Waals surface area contributed by atoms with Crippen LogP contribution in [0.1, 0.15) is 5.56 Å². The summed E-state index contributed by atoms with van der Waals surface area (Å²) in [6.45, 7) is 0. The lowest BCUT2D eigenvalue weighted by Gasteiger charge is -2.07. The molecule has 0 atom stereocenters. The minimum Gasteiger partial charge on any atom is -0.320 e. The molecule has 0 aliphatic carbocycles. The van der Waals surface area contributed by atoms with E-state index in [4.69, 9.17) is 11.6 Å². The second kappa shape index (κ2) is 10.0. The van der Waals surface area contributed by atoms with E-state index in [0.29, 0.717) is 20.9 Å². The SMILES string of the molecule is N#C/C(C(=O)Nc1ccccc1Cl)=c1/s/c(=C/c2cccc(Br)c2)c(=O)n1-c1ccccc1. The van der Waals surface area contributed by atoms with Gasteiger partial charge in [-0.2, -0.15) is 5.26 Å². The third-order valence-electron chi connectivity index (χ3n) is 4.66. The van der Waals surface area contributed by atoms with E-state index >= 15 is 0 Å². The summed E-state index contributed by atoms with van der Waals surface area (Å²) in [6.07, 6.45) is 1.74. The second-order valence-electron chi connectivity index (χ2n) is 6.87. The minimum atomic E-state index is -0.648. The maximum atomic E-state index is 13.4. The first-order chi connectivity index (χ1) is 16.0. The minimum absolute atomic E-state index is 0.185. The first-order valence-electron chi connectivity index (χ1n) is 9.73. The molecule has 1 aromatic heterocycles. The van der Waals surface area contributed by atoms with E-state index in [-0.39, 0.29) is 15.8 Å². The summed E-state index contributed by atoms with van der Waals surface area (Å²) in [7, 11) is 0. The first-order valence-corrected chi connectivity index (χ1v) is 11.7. The summed E-state index contributed by atoms with van der Waals surface area (Å²) in [5.41, 5.74) is 1.24. The summed E-state index contributed by atoms with van der Waals surface area (Å²) in [5.74, 6) is -0.648. The van der Waals surface area contributed by atoms with Crippen molar-refractivity contribution in [3.8, 4) is 11.8 Å². The number of para-hydroxylation sites is 2. The molecule has 0 bridgehead atoms. The van der Waals surface area contributed by atoms with Gasteiger partial charge in [0.2, 0.25) is 0 Å². The lowest BCUT2D eigenvalue weighted by Crippen LogP contribution is -2.32. The maximum Gasteiger partial charge on any atom is 0.273 e. The fraction of sp³-hybridized carbons (Fsp3) is 0. The summed E-state index contributed by atoms with van der Waals surface area (Å²) in [5, 5.41) is 12.9. The van der Waals surface area contributed by atoms with Gasteiger partial charge >= 0.3 is 0 Å². The third kappa shape index (κ3) is 4.99. The highest BCUT2D eigenvalue weighted by atomic mass is 79.9. The molecule has 0 unspecified atom stereocenters. The van der Waals surface area contributed by atoms with Crippen molar-refractivity contribution in [1.29, 1.82) is 5.26 Å². The number of hydrogen-bond acceptors (Lipinski definition) is 4. The Morgan fingerprint density at radius 2 is 1.79 bits per heavy atom. The van der Waals surface area contributed by atoms with Crippen molar-refractivity contribution in [3.05, 3.63) is 113 Å². The highest BCUT2D eigenvalue weighted by molar-refractivity contribution is 9.10. The van der Waals surface area contributed by atoms with Crippen LogP contribution < -0.4 is 20.1 Å². The zero-order valence-electron chi connectivity index (χ0n) is 17.0. The Balaban J connectivity index is 1.97. The fourth-order valence-electron chi connectivity index (χ4n) is 3.15. The lowest BCUT2D eigenvalue weighted by molar-refractivity contribution is -0.111. The van der Waals surface area contributed by atoms with Crippen LogP contribution >= 0.6 is 38.9 Å². The van der Waals surface area contributed by atoms with Crippen LogP contribution in [0.4, 0.5) is 5.69 Å². The molecule has 0 saturated carbocycles. The van der Waals surface area contributed by atoms with Crippen LogP contribution in [-0.2, 0) is 4.79 Å². The number of halogens is 2. The number of aromatic nitrogens is 1. The zero-order valence-corrected chi connectivity index (χ0v) is 20.1. The maximum absolute atomic E-state index is 13.4. The van der Waals surface area contributed by atoms with Crippen molar-refractivity contribution >= 4 is 62.1 Å². The predicted molar refractivity (Wildman–Crippen MR) is 136 cm³/mol. The predicted octanol–water partition coefficient (Wildman–Crippen LogP) is 4.46. The normalized spacial score (nSPS) is 12.2. The molecule has 4 rings (SSSR count). The van der Waals surface area contributed by atoms with E-state index in [1.54, 1.807) is 54.6 Å². The number of nitriles is 1. The molecule has 8 heteroatoms. The second-order valence-corrected chi connectivity index (χ2v) is 9.22. The van der Waals surface area contributed by atoms with Crippen LogP contribution in [-0.4, -0.2) is 10.5 Å². The lowest BCUT2D eigenvalue weighted by atomic mass is 10.2. The Labute approximate surface area is 206 Å². The number of hydrogen-bond donors (Lipinski definition) is 1. The molecule has 0 fully saturated rings. The Bertz CT molecular complexity index is 1570. The number of benzene rings is 3. The van der Waals surface area contributed by atoms with Crippen molar-refractivity contribution < 1.29 is 4.79 Å². The Hall–Kier alpha value is -3.44. The molecular formula is C25H15BrClN3O2S. The van der Waals surface area contributed by atoms with E-state index in [2.05, 4.69) is 21.2 Å². The summed E-state index contributed by atoms with van der Waals surface area (Å²) in [4.78, 5) is 26.4. The van der Waals surface area contributed by atoms with Gasteiger partial charge in [-0.1, -0.05) is 70.0 Å². The van der Waals surface area contributed by atoms with E-state index < -0.39 is 5.91 Å². The van der Waals surface area contributed by atoms with Gasteiger partial charge in [0.25, 0.3) is 11.5 Å². The Kier molecular flexibility index (Phi) is 6.90. The zero-order chi connectivity index (χ0) is 23.4. The molecular weight excluding hydrogens is 522 g/mol. The molecule has 0 radical (unpaired) electrons. The van der Waals surface area contributed by atoms with Crippen molar-refractivity contribution in [1.82, 2.24) is 4.57 Å². The van der Waals surface area contributed by atoms with Gasteiger partial charge in [0.1, 0.15) is 10.7 Å². The number of carbonyl (C=O) groups is 1. The highest BCUT2D eigenvalue weighted by Crippen LogP contribution is 2.21. The van der Waals surface area contributed by atoms with Crippen molar-refractivity contribution in [3.63, 3.8) is 0 Å². The van der Waals surface area contributed by atoms with Crippen LogP contribution in [0.2, 0.25) is 5.02 Å². The third-order valence-corrected chi connectivity index (χ3v) is 6.57. The standard InChI is InChI=1S/C25H15BrClN3O2S/c26-17-8-6-7-16(13-17)14-22-24(32)30(18-9-2-1-3-10-18)25(33-22)19(15-28)23(31)29-21-12-5-4-11-20(21)27/h1-14H,(H,29,31)/b22-14+,25-19-. The van der Waals surface area contributed by atoms with Crippen LogP contribution in [0.15, 0.2) is 88.1 Å². The number of nitrogens with zero attached hydrogens (tertiary/aromatic N) is 2. The average molecular weight is 537 g/mol. The average Bonchev–Trinajstić information content (AvgIpc) is 3.12. The van der Waals surface area contributed by atoms with Gasteiger partial charge < -0.3 is 5.32 Å². The van der Waals surface area contributed by atoms with Crippen LogP contribution in [0, 0.1) is 11.3 Å². The highest BCUT2D eigenvalue weighted by Gasteiger charge is 2.18.